The van der Waals surface area contributed by atoms with E-state index in [9.17, 15) is 5.11 Å². The molecule has 42 heavy (non-hydrogen) atoms. The summed E-state index contributed by atoms with van der Waals surface area (Å²) in [6.45, 7) is 8.12. The zero-order valence-electron chi connectivity index (χ0n) is 24.1. The number of hydrogen-bond donors (Lipinski definition) is 6. The molecule has 210 valence electrons. The van der Waals surface area contributed by atoms with E-state index >= 15 is 0 Å². The average Bonchev–Trinajstić information content (AvgIpc) is 2.98. The lowest BCUT2D eigenvalue weighted by atomic mass is 10.1. The Balaban J connectivity index is 1.21. The van der Waals surface area contributed by atoms with Crippen molar-refractivity contribution in [1.82, 2.24) is 0 Å². The molecule has 6 N–H and O–H groups in total. The van der Waals surface area contributed by atoms with Crippen LogP contribution < -0.4 is 26.8 Å². The Morgan fingerprint density at radius 3 is 1.40 bits per heavy atom. The third kappa shape index (κ3) is 6.75. The van der Waals surface area contributed by atoms with Crippen LogP contribution >= 0.6 is 0 Å². The largest absolute Gasteiger partial charge is 0.508 e. The number of hydrazine groups is 1. The predicted octanol–water partition coefficient (Wildman–Crippen LogP) is 9.17. The number of benzene rings is 5. The van der Waals surface area contributed by atoms with Crippen molar-refractivity contribution < 1.29 is 5.11 Å². The van der Waals surface area contributed by atoms with Crippen LogP contribution in [0.2, 0.25) is 0 Å². The van der Waals surface area contributed by atoms with Crippen LogP contribution in [-0.4, -0.2) is 5.11 Å². The van der Waals surface area contributed by atoms with Crippen LogP contribution in [0.25, 0.3) is 0 Å². The number of nitriles is 1. The molecule has 0 saturated carbocycles. The summed E-state index contributed by atoms with van der Waals surface area (Å²) in [4.78, 5) is 0. The topological polar surface area (TPSA) is 104 Å². The van der Waals surface area contributed by atoms with Crippen LogP contribution in [0.15, 0.2) is 97.1 Å². The highest BCUT2D eigenvalue weighted by molar-refractivity contribution is 5.74. The number of phenols is 1. The van der Waals surface area contributed by atoms with Crippen LogP contribution in [0.1, 0.15) is 27.8 Å². The van der Waals surface area contributed by atoms with Crippen molar-refractivity contribution >= 4 is 45.5 Å². The number of hydrogen-bond acceptors (Lipinski definition) is 7. The summed E-state index contributed by atoms with van der Waals surface area (Å²) < 4.78 is 0. The van der Waals surface area contributed by atoms with Gasteiger partial charge in [-0.3, -0.25) is 0 Å². The number of phenolic OH excluding ortho intramolecular Hbond substituents is 1. The Labute approximate surface area is 246 Å². The molecule has 0 saturated heterocycles. The molecule has 0 aromatic heterocycles. The highest BCUT2D eigenvalue weighted by Gasteiger charge is 2.07. The molecule has 0 fully saturated rings. The quantitative estimate of drug-likeness (QED) is 0.0797. The van der Waals surface area contributed by atoms with Gasteiger partial charge in [0.1, 0.15) is 5.75 Å². The lowest BCUT2D eigenvalue weighted by molar-refractivity contribution is 0.471. The smallest absolute Gasteiger partial charge is 0.118 e. The summed E-state index contributed by atoms with van der Waals surface area (Å²) in [6.07, 6.45) is 0. The highest BCUT2D eigenvalue weighted by atomic mass is 16.3. The van der Waals surface area contributed by atoms with Crippen molar-refractivity contribution in [2.45, 2.75) is 27.7 Å². The summed E-state index contributed by atoms with van der Waals surface area (Å²) >= 11 is 0. The monoisotopic (exact) mass is 554 g/mol. The summed E-state index contributed by atoms with van der Waals surface area (Å²) in [6, 6.07) is 33.6. The van der Waals surface area contributed by atoms with E-state index in [1.54, 1.807) is 18.2 Å². The van der Waals surface area contributed by atoms with Crippen molar-refractivity contribution in [3.63, 3.8) is 0 Å². The molecule has 5 aromatic rings. The molecule has 0 unspecified atom stereocenters. The molecule has 0 aliphatic carbocycles. The number of nitrogens with one attached hydrogen (secondary N) is 5. The maximum atomic E-state index is 9.79. The molecule has 0 amide bonds. The van der Waals surface area contributed by atoms with E-state index in [1.165, 1.54) is 0 Å². The molecule has 0 aliphatic heterocycles. The minimum Gasteiger partial charge on any atom is -0.508 e. The highest BCUT2D eigenvalue weighted by Crippen LogP contribution is 2.31. The van der Waals surface area contributed by atoms with Crippen LogP contribution in [0.5, 0.6) is 5.75 Å². The molecule has 0 aliphatic rings. The average molecular weight is 555 g/mol. The summed E-state index contributed by atoms with van der Waals surface area (Å²) in [5.41, 5.74) is 18.9. The third-order valence-corrected chi connectivity index (χ3v) is 7.06. The number of rotatable bonds is 9. The molecular weight excluding hydrogens is 520 g/mol. The molecule has 0 heterocycles. The fraction of sp³-hybridized carbons (Fsp3) is 0.114. The predicted molar refractivity (Wildman–Crippen MR) is 175 cm³/mol. The molecule has 5 rings (SSSR count). The van der Waals surface area contributed by atoms with Crippen molar-refractivity contribution in [3.05, 3.63) is 125 Å². The van der Waals surface area contributed by atoms with Gasteiger partial charge in [0, 0.05) is 34.1 Å². The molecule has 7 nitrogen and oxygen atoms in total. The standard InChI is InChI=1S/C35H34N6O/c1-22-16-28(38-34-14-10-31(18-24(34)3)41-40-30-7-5-6-26(20-30)21-36)8-12-32(22)37-27-9-13-33(23(2)17-27)39-29-11-15-35(42)25(4)19-29/h5-20,37-42H,1-4H3. The maximum absolute atomic E-state index is 9.79. The van der Waals surface area contributed by atoms with E-state index in [0.717, 1.165) is 67.8 Å². The number of nitrogens with zero attached hydrogens (tertiary/aromatic N) is 1. The van der Waals surface area contributed by atoms with Gasteiger partial charge in [0.2, 0.25) is 0 Å². The minimum absolute atomic E-state index is 0.295. The third-order valence-electron chi connectivity index (χ3n) is 7.06. The van der Waals surface area contributed by atoms with Crippen molar-refractivity contribution in [2.75, 3.05) is 26.8 Å². The number of anilines is 8. The van der Waals surface area contributed by atoms with Crippen LogP contribution in [0, 0.1) is 39.0 Å². The normalized spacial score (nSPS) is 10.5. The van der Waals surface area contributed by atoms with Crippen LogP contribution in [0.4, 0.5) is 45.5 Å². The zero-order chi connectivity index (χ0) is 29.6. The van der Waals surface area contributed by atoms with Gasteiger partial charge < -0.3 is 31.9 Å². The number of aromatic hydroxyl groups is 1. The van der Waals surface area contributed by atoms with Gasteiger partial charge in [-0.15, -0.1) is 0 Å². The van der Waals surface area contributed by atoms with E-state index in [0.29, 0.717) is 11.3 Å². The van der Waals surface area contributed by atoms with E-state index in [-0.39, 0.29) is 0 Å². The molecule has 0 radical (unpaired) electrons. The fourth-order valence-electron chi connectivity index (χ4n) is 4.66. The van der Waals surface area contributed by atoms with Crippen molar-refractivity contribution in [3.8, 4) is 11.8 Å². The summed E-state index contributed by atoms with van der Waals surface area (Å²) in [7, 11) is 0. The van der Waals surface area contributed by atoms with Gasteiger partial charge in [-0.25, -0.2) is 0 Å². The first-order valence-electron chi connectivity index (χ1n) is 13.7. The van der Waals surface area contributed by atoms with E-state index in [2.05, 4.69) is 96.1 Å². The molecular formula is C35H34N6O. The fourth-order valence-corrected chi connectivity index (χ4v) is 4.66. The lowest BCUT2D eigenvalue weighted by Crippen LogP contribution is -2.09. The van der Waals surface area contributed by atoms with E-state index in [4.69, 9.17) is 5.26 Å². The van der Waals surface area contributed by atoms with Gasteiger partial charge in [-0.1, -0.05) is 6.07 Å². The second kappa shape index (κ2) is 12.3. The Kier molecular flexibility index (Phi) is 8.17. The van der Waals surface area contributed by atoms with Gasteiger partial charge in [0.15, 0.2) is 0 Å². The zero-order valence-corrected chi connectivity index (χ0v) is 24.1. The van der Waals surface area contributed by atoms with Gasteiger partial charge >= 0.3 is 0 Å². The van der Waals surface area contributed by atoms with Crippen molar-refractivity contribution in [1.29, 1.82) is 5.26 Å². The molecule has 7 heteroatoms. The summed E-state index contributed by atoms with van der Waals surface area (Å²) in [5.74, 6) is 0.295. The first kappa shape index (κ1) is 27.9. The lowest BCUT2D eigenvalue weighted by Gasteiger charge is -2.16. The Morgan fingerprint density at radius 1 is 0.500 bits per heavy atom. The van der Waals surface area contributed by atoms with Gasteiger partial charge in [0.05, 0.1) is 23.0 Å². The SMILES string of the molecule is Cc1cc(Nc2ccc(Nc3ccc(Nc4ccc(NNc5cccc(C#N)c5)cc4C)cc3C)cc2C)ccc1O. The van der Waals surface area contributed by atoms with Gasteiger partial charge in [-0.05, 0) is 141 Å². The molecule has 0 bridgehead atoms. The van der Waals surface area contributed by atoms with Crippen molar-refractivity contribution in [2.24, 2.45) is 0 Å². The maximum Gasteiger partial charge on any atom is 0.118 e. The second-order valence-corrected chi connectivity index (χ2v) is 10.4. The second-order valence-electron chi connectivity index (χ2n) is 10.4. The van der Waals surface area contributed by atoms with Gasteiger partial charge in [0.25, 0.3) is 0 Å². The van der Waals surface area contributed by atoms with Crippen LogP contribution in [-0.2, 0) is 0 Å². The minimum atomic E-state index is 0.295. The Bertz CT molecular complexity index is 1790. The van der Waals surface area contributed by atoms with Gasteiger partial charge in [-0.2, -0.15) is 5.26 Å². The molecule has 0 atom stereocenters. The Morgan fingerprint density at radius 2 is 0.929 bits per heavy atom. The van der Waals surface area contributed by atoms with E-state index < -0.39 is 0 Å². The van der Waals surface area contributed by atoms with Crippen LogP contribution in [0.3, 0.4) is 0 Å². The molecule has 0 spiro atoms. The number of aryl methyl sites for hydroxylation is 4. The Hall–Kier alpha value is -5.61. The first-order valence-corrected chi connectivity index (χ1v) is 13.7. The summed E-state index contributed by atoms with van der Waals surface area (Å²) in [5, 5.41) is 29.4. The first-order chi connectivity index (χ1) is 20.3. The molecule has 5 aromatic carbocycles. The van der Waals surface area contributed by atoms with E-state index in [1.807, 2.05) is 43.3 Å².